The zero-order valence-corrected chi connectivity index (χ0v) is 12.7. The molecule has 1 fully saturated rings. The highest BCUT2D eigenvalue weighted by atomic mass is 19.1. The van der Waals surface area contributed by atoms with Crippen molar-refractivity contribution in [2.75, 3.05) is 6.67 Å². The molecule has 1 aliphatic carbocycles. The van der Waals surface area contributed by atoms with E-state index in [-0.39, 0.29) is 6.67 Å². The van der Waals surface area contributed by atoms with Crippen LogP contribution in [0.25, 0.3) is 0 Å². The van der Waals surface area contributed by atoms with E-state index in [4.69, 9.17) is 0 Å². The van der Waals surface area contributed by atoms with Gasteiger partial charge in [-0.1, -0.05) is 19.8 Å². The molecule has 20 heavy (non-hydrogen) atoms. The highest BCUT2D eigenvalue weighted by Crippen LogP contribution is 2.35. The third kappa shape index (κ3) is 4.53. The lowest BCUT2D eigenvalue weighted by atomic mass is 9.80. The Morgan fingerprint density at radius 3 is 2.40 bits per heavy atom. The van der Waals surface area contributed by atoms with Crippen LogP contribution < -0.4 is 0 Å². The molecule has 0 aliphatic heterocycles. The molecule has 1 aliphatic rings. The SMILES string of the molecule is CCCCCc1cnc(C2CCC(CCF)CC2)nc1. The zero-order valence-electron chi connectivity index (χ0n) is 12.7. The van der Waals surface area contributed by atoms with Crippen LogP contribution in [-0.2, 0) is 6.42 Å². The fourth-order valence-corrected chi connectivity index (χ4v) is 3.15. The van der Waals surface area contributed by atoms with E-state index >= 15 is 0 Å². The van der Waals surface area contributed by atoms with E-state index in [1.165, 1.54) is 24.8 Å². The number of hydrogen-bond acceptors (Lipinski definition) is 2. The molecule has 0 atom stereocenters. The maximum absolute atomic E-state index is 12.3. The first-order valence-corrected chi connectivity index (χ1v) is 8.20. The van der Waals surface area contributed by atoms with Gasteiger partial charge in [0.15, 0.2) is 0 Å². The smallest absolute Gasteiger partial charge is 0.131 e. The largest absolute Gasteiger partial charge is 0.251 e. The highest BCUT2D eigenvalue weighted by molar-refractivity contribution is 5.08. The molecule has 3 heteroatoms. The number of rotatable bonds is 7. The van der Waals surface area contributed by atoms with Crippen LogP contribution in [0, 0.1) is 5.92 Å². The fraction of sp³-hybridized carbons (Fsp3) is 0.765. The van der Waals surface area contributed by atoms with E-state index in [2.05, 4.69) is 16.9 Å². The van der Waals surface area contributed by atoms with Gasteiger partial charge in [0.05, 0.1) is 6.67 Å². The molecule has 2 rings (SSSR count). The Hall–Kier alpha value is -0.990. The van der Waals surface area contributed by atoms with Crippen molar-refractivity contribution in [1.82, 2.24) is 9.97 Å². The van der Waals surface area contributed by atoms with Crippen LogP contribution in [0.2, 0.25) is 0 Å². The molecule has 1 saturated carbocycles. The molecule has 0 amide bonds. The van der Waals surface area contributed by atoms with Gasteiger partial charge in [0.1, 0.15) is 5.82 Å². The van der Waals surface area contributed by atoms with Crippen molar-refractivity contribution in [3.63, 3.8) is 0 Å². The molecule has 0 bridgehead atoms. The fourth-order valence-electron chi connectivity index (χ4n) is 3.15. The molecule has 1 aromatic heterocycles. The minimum Gasteiger partial charge on any atom is -0.251 e. The third-order valence-corrected chi connectivity index (χ3v) is 4.52. The summed E-state index contributed by atoms with van der Waals surface area (Å²) in [6.45, 7) is 2.05. The lowest BCUT2D eigenvalue weighted by molar-refractivity contribution is 0.279. The summed E-state index contributed by atoms with van der Waals surface area (Å²) in [6, 6.07) is 0. The first-order chi connectivity index (χ1) is 9.83. The minimum absolute atomic E-state index is 0.168. The predicted octanol–water partition coefficient (Wildman–Crippen LogP) is 4.84. The van der Waals surface area contributed by atoms with Gasteiger partial charge in [-0.05, 0) is 56.4 Å². The van der Waals surface area contributed by atoms with Gasteiger partial charge < -0.3 is 0 Å². The quantitative estimate of drug-likeness (QED) is 0.667. The van der Waals surface area contributed by atoms with E-state index < -0.39 is 0 Å². The second-order valence-electron chi connectivity index (χ2n) is 6.10. The molecule has 0 saturated heterocycles. The number of halogens is 1. The van der Waals surface area contributed by atoms with Gasteiger partial charge in [0.2, 0.25) is 0 Å². The predicted molar refractivity (Wildman–Crippen MR) is 80.6 cm³/mol. The number of aromatic nitrogens is 2. The van der Waals surface area contributed by atoms with Crippen molar-refractivity contribution in [2.45, 2.75) is 70.6 Å². The van der Waals surface area contributed by atoms with Crippen molar-refractivity contribution >= 4 is 0 Å². The first kappa shape index (κ1) is 15.4. The Bertz CT molecular complexity index is 369. The third-order valence-electron chi connectivity index (χ3n) is 4.52. The number of hydrogen-bond donors (Lipinski definition) is 0. The maximum Gasteiger partial charge on any atom is 0.131 e. The normalized spacial score (nSPS) is 22.9. The summed E-state index contributed by atoms with van der Waals surface area (Å²) in [5, 5.41) is 0. The molecular formula is C17H27FN2. The average molecular weight is 278 g/mol. The van der Waals surface area contributed by atoms with Crippen LogP contribution in [0.1, 0.15) is 75.6 Å². The molecule has 112 valence electrons. The maximum atomic E-state index is 12.3. The van der Waals surface area contributed by atoms with Crippen LogP contribution in [0.4, 0.5) is 4.39 Å². The van der Waals surface area contributed by atoms with Crippen molar-refractivity contribution < 1.29 is 4.39 Å². The topological polar surface area (TPSA) is 25.8 Å². The first-order valence-electron chi connectivity index (χ1n) is 8.20. The molecule has 1 heterocycles. The van der Waals surface area contributed by atoms with Crippen LogP contribution in [0.3, 0.4) is 0 Å². The molecule has 2 nitrogen and oxygen atoms in total. The molecule has 1 aromatic rings. The van der Waals surface area contributed by atoms with Gasteiger partial charge in [-0.3, -0.25) is 4.39 Å². The van der Waals surface area contributed by atoms with Gasteiger partial charge in [-0.15, -0.1) is 0 Å². The second-order valence-corrected chi connectivity index (χ2v) is 6.10. The monoisotopic (exact) mass is 278 g/mol. The Balaban J connectivity index is 1.81. The van der Waals surface area contributed by atoms with E-state index in [1.54, 1.807) is 0 Å². The molecule has 0 spiro atoms. The average Bonchev–Trinajstić information content (AvgIpc) is 2.49. The Morgan fingerprint density at radius 1 is 1.10 bits per heavy atom. The summed E-state index contributed by atoms with van der Waals surface area (Å²) in [4.78, 5) is 9.13. The summed E-state index contributed by atoms with van der Waals surface area (Å²) in [6.07, 6.45) is 14.1. The van der Waals surface area contributed by atoms with Crippen molar-refractivity contribution in [3.8, 4) is 0 Å². The van der Waals surface area contributed by atoms with Crippen LogP contribution in [-0.4, -0.2) is 16.6 Å². The van der Waals surface area contributed by atoms with Crippen LogP contribution >= 0.6 is 0 Å². The molecule has 0 aromatic carbocycles. The summed E-state index contributed by atoms with van der Waals surface area (Å²) in [5.41, 5.74) is 1.26. The standard InChI is InChI=1S/C17H27FN2/c1-2-3-4-5-15-12-19-17(20-13-15)16-8-6-14(7-9-16)10-11-18/h12-14,16H,2-11H2,1H3. The number of alkyl halides is 1. The van der Waals surface area contributed by atoms with Crippen molar-refractivity contribution in [1.29, 1.82) is 0 Å². The number of unbranched alkanes of at least 4 members (excludes halogenated alkanes) is 2. The summed E-state index contributed by atoms with van der Waals surface area (Å²) < 4.78 is 12.3. The van der Waals surface area contributed by atoms with E-state index in [9.17, 15) is 4.39 Å². The highest BCUT2D eigenvalue weighted by Gasteiger charge is 2.23. The van der Waals surface area contributed by atoms with Gasteiger partial charge in [0, 0.05) is 18.3 Å². The number of nitrogens with zero attached hydrogens (tertiary/aromatic N) is 2. The zero-order chi connectivity index (χ0) is 14.2. The summed E-state index contributed by atoms with van der Waals surface area (Å²) >= 11 is 0. The number of aryl methyl sites for hydroxylation is 1. The summed E-state index contributed by atoms with van der Waals surface area (Å²) in [5.74, 6) is 2.09. The van der Waals surface area contributed by atoms with Crippen LogP contribution in [0.5, 0.6) is 0 Å². The van der Waals surface area contributed by atoms with Crippen LogP contribution in [0.15, 0.2) is 12.4 Å². The van der Waals surface area contributed by atoms with Gasteiger partial charge in [0.25, 0.3) is 0 Å². The molecule has 0 N–H and O–H groups in total. The van der Waals surface area contributed by atoms with Gasteiger partial charge in [-0.25, -0.2) is 9.97 Å². The molecule has 0 unspecified atom stereocenters. The van der Waals surface area contributed by atoms with Crippen molar-refractivity contribution in [3.05, 3.63) is 23.8 Å². The van der Waals surface area contributed by atoms with Crippen molar-refractivity contribution in [2.24, 2.45) is 5.92 Å². The molecular weight excluding hydrogens is 251 g/mol. The van der Waals surface area contributed by atoms with Gasteiger partial charge >= 0.3 is 0 Å². The lowest BCUT2D eigenvalue weighted by Gasteiger charge is -2.26. The summed E-state index contributed by atoms with van der Waals surface area (Å²) in [7, 11) is 0. The van der Waals surface area contributed by atoms with E-state index in [0.717, 1.165) is 44.3 Å². The van der Waals surface area contributed by atoms with Gasteiger partial charge in [-0.2, -0.15) is 0 Å². The van der Waals surface area contributed by atoms with E-state index in [0.29, 0.717) is 11.8 Å². The molecule has 0 radical (unpaired) electrons. The Labute approximate surface area is 122 Å². The lowest BCUT2D eigenvalue weighted by Crippen LogP contribution is -2.15. The Morgan fingerprint density at radius 2 is 1.80 bits per heavy atom. The van der Waals surface area contributed by atoms with E-state index in [1.807, 2.05) is 12.4 Å². The minimum atomic E-state index is -0.168. The Kier molecular flexibility index (Phi) is 6.41. The second kappa shape index (κ2) is 8.33.